The molecule has 0 aliphatic carbocycles. The molecule has 0 fully saturated rings. The SMILES string of the molecule is CCCCCCCC/C=C\CCCCCCCC(=O)O[C@@H]([C@H](O)[C@H](O)CO)[C@H](O)CO. The molecule has 0 aliphatic heterocycles. The van der Waals surface area contributed by atoms with Crippen LogP contribution in [0.25, 0.3) is 0 Å². The van der Waals surface area contributed by atoms with Crippen molar-refractivity contribution in [2.75, 3.05) is 13.2 Å². The van der Waals surface area contributed by atoms with Crippen LogP contribution in [0.1, 0.15) is 96.8 Å². The quantitative estimate of drug-likeness (QED) is 0.104. The Hall–Kier alpha value is -0.990. The van der Waals surface area contributed by atoms with Crippen molar-refractivity contribution in [2.45, 2.75) is 121 Å². The van der Waals surface area contributed by atoms with Crippen LogP contribution in [0.4, 0.5) is 0 Å². The highest BCUT2D eigenvalue weighted by atomic mass is 16.6. The lowest BCUT2D eigenvalue weighted by molar-refractivity contribution is -0.177. The van der Waals surface area contributed by atoms with Gasteiger partial charge >= 0.3 is 5.97 Å². The van der Waals surface area contributed by atoms with Crippen LogP contribution in [0.15, 0.2) is 12.2 Å². The molecule has 184 valence electrons. The summed E-state index contributed by atoms with van der Waals surface area (Å²) in [5.41, 5.74) is 0. The zero-order valence-corrected chi connectivity index (χ0v) is 19.3. The zero-order chi connectivity index (χ0) is 23.3. The molecule has 0 radical (unpaired) electrons. The monoisotopic (exact) mass is 446 g/mol. The molecule has 7 nitrogen and oxygen atoms in total. The van der Waals surface area contributed by atoms with Gasteiger partial charge in [-0.1, -0.05) is 70.4 Å². The Morgan fingerprint density at radius 3 is 1.74 bits per heavy atom. The van der Waals surface area contributed by atoms with E-state index < -0.39 is 43.6 Å². The molecule has 0 heterocycles. The second-order valence-corrected chi connectivity index (χ2v) is 8.28. The predicted octanol–water partition coefficient (Wildman–Crippen LogP) is 3.00. The van der Waals surface area contributed by atoms with Crippen LogP contribution in [0.5, 0.6) is 0 Å². The van der Waals surface area contributed by atoms with Crippen molar-refractivity contribution < 1.29 is 35.1 Å². The normalized spacial score (nSPS) is 15.7. The maximum atomic E-state index is 11.9. The maximum absolute atomic E-state index is 11.9. The van der Waals surface area contributed by atoms with Gasteiger partial charge in [0.25, 0.3) is 0 Å². The van der Waals surface area contributed by atoms with E-state index >= 15 is 0 Å². The van der Waals surface area contributed by atoms with Gasteiger partial charge in [0.1, 0.15) is 18.3 Å². The first kappa shape index (κ1) is 30.0. The summed E-state index contributed by atoms with van der Waals surface area (Å²) >= 11 is 0. The Kier molecular flexibility index (Phi) is 20.2. The van der Waals surface area contributed by atoms with E-state index in [9.17, 15) is 20.1 Å². The molecule has 0 unspecified atom stereocenters. The fraction of sp³-hybridized carbons (Fsp3) is 0.875. The average Bonchev–Trinajstić information content (AvgIpc) is 2.78. The van der Waals surface area contributed by atoms with E-state index in [2.05, 4.69) is 19.1 Å². The van der Waals surface area contributed by atoms with E-state index in [-0.39, 0.29) is 6.42 Å². The zero-order valence-electron chi connectivity index (χ0n) is 19.3. The van der Waals surface area contributed by atoms with Gasteiger partial charge in [0, 0.05) is 6.42 Å². The Labute approximate surface area is 188 Å². The first-order valence-corrected chi connectivity index (χ1v) is 12.1. The Morgan fingerprint density at radius 2 is 1.23 bits per heavy atom. The molecule has 0 rings (SSSR count). The highest BCUT2D eigenvalue weighted by Gasteiger charge is 2.34. The molecular formula is C24H46O7. The van der Waals surface area contributed by atoms with E-state index in [0.29, 0.717) is 6.42 Å². The van der Waals surface area contributed by atoms with E-state index in [4.69, 9.17) is 14.9 Å². The van der Waals surface area contributed by atoms with Crippen LogP contribution in [-0.2, 0) is 9.53 Å². The molecule has 0 bridgehead atoms. The van der Waals surface area contributed by atoms with Crippen LogP contribution in [0, 0.1) is 0 Å². The number of hydrogen-bond acceptors (Lipinski definition) is 7. The van der Waals surface area contributed by atoms with Crippen molar-refractivity contribution in [3.05, 3.63) is 12.2 Å². The van der Waals surface area contributed by atoms with Gasteiger partial charge in [-0.3, -0.25) is 4.79 Å². The van der Waals surface area contributed by atoms with Gasteiger partial charge in [-0.25, -0.2) is 0 Å². The number of carbonyl (C=O) groups excluding carboxylic acids is 1. The summed E-state index contributed by atoms with van der Waals surface area (Å²) < 4.78 is 5.03. The highest BCUT2D eigenvalue weighted by molar-refractivity contribution is 5.69. The van der Waals surface area contributed by atoms with Gasteiger partial charge in [-0.05, 0) is 32.1 Å². The molecule has 31 heavy (non-hydrogen) atoms. The minimum absolute atomic E-state index is 0.134. The summed E-state index contributed by atoms with van der Waals surface area (Å²) in [6.07, 6.45) is 13.4. The summed E-state index contributed by atoms with van der Waals surface area (Å²) in [4.78, 5) is 11.9. The van der Waals surface area contributed by atoms with Crippen molar-refractivity contribution in [1.82, 2.24) is 0 Å². The molecule has 4 atom stereocenters. The highest BCUT2D eigenvalue weighted by Crippen LogP contribution is 2.14. The standard InChI is InChI=1S/C24H46O7/c1-2-3-4-5-6-7-8-9-10-11-12-13-14-15-16-17-22(29)31-24(21(28)19-26)23(30)20(27)18-25/h9-10,20-21,23-28,30H,2-8,11-19H2,1H3/b10-9-/t20-,21-,23-,24-/m1/s1. The fourth-order valence-electron chi connectivity index (χ4n) is 3.36. The van der Waals surface area contributed by atoms with Crippen LogP contribution >= 0.6 is 0 Å². The smallest absolute Gasteiger partial charge is 0.306 e. The number of aliphatic hydroxyl groups is 5. The molecule has 5 N–H and O–H groups in total. The minimum atomic E-state index is -1.68. The van der Waals surface area contributed by atoms with Gasteiger partial charge in [0.15, 0.2) is 6.10 Å². The third kappa shape index (κ3) is 16.3. The van der Waals surface area contributed by atoms with Gasteiger partial charge in [0.2, 0.25) is 0 Å². The molecule has 0 amide bonds. The second-order valence-electron chi connectivity index (χ2n) is 8.28. The number of ether oxygens (including phenoxy) is 1. The van der Waals surface area contributed by atoms with Gasteiger partial charge < -0.3 is 30.3 Å². The van der Waals surface area contributed by atoms with E-state index in [1.165, 1.54) is 44.9 Å². The number of carbonyl (C=O) groups is 1. The van der Waals surface area contributed by atoms with Crippen LogP contribution in [-0.4, -0.2) is 69.1 Å². The van der Waals surface area contributed by atoms with Gasteiger partial charge in [-0.15, -0.1) is 0 Å². The summed E-state index contributed by atoms with van der Waals surface area (Å²) in [5.74, 6) is -0.612. The number of esters is 1. The largest absolute Gasteiger partial charge is 0.457 e. The first-order chi connectivity index (χ1) is 15.0. The van der Waals surface area contributed by atoms with Crippen LogP contribution < -0.4 is 0 Å². The predicted molar refractivity (Wildman–Crippen MR) is 122 cm³/mol. The molecule has 0 saturated heterocycles. The lowest BCUT2D eigenvalue weighted by atomic mass is 10.0. The van der Waals surface area contributed by atoms with Crippen molar-refractivity contribution in [1.29, 1.82) is 0 Å². The molecule has 0 aromatic carbocycles. The van der Waals surface area contributed by atoms with Gasteiger partial charge in [-0.2, -0.15) is 0 Å². The number of aliphatic hydroxyl groups excluding tert-OH is 5. The molecule has 7 heteroatoms. The van der Waals surface area contributed by atoms with E-state index in [0.717, 1.165) is 32.1 Å². The molecular weight excluding hydrogens is 400 g/mol. The van der Waals surface area contributed by atoms with E-state index in [1.807, 2.05) is 0 Å². The van der Waals surface area contributed by atoms with E-state index in [1.54, 1.807) is 0 Å². The van der Waals surface area contributed by atoms with Crippen molar-refractivity contribution in [3.63, 3.8) is 0 Å². The fourth-order valence-corrected chi connectivity index (χ4v) is 3.36. The molecule has 0 aromatic heterocycles. The van der Waals surface area contributed by atoms with Crippen LogP contribution in [0.2, 0.25) is 0 Å². The molecule has 0 saturated carbocycles. The first-order valence-electron chi connectivity index (χ1n) is 12.1. The van der Waals surface area contributed by atoms with Crippen molar-refractivity contribution in [2.24, 2.45) is 0 Å². The summed E-state index contributed by atoms with van der Waals surface area (Å²) in [7, 11) is 0. The topological polar surface area (TPSA) is 127 Å². The maximum Gasteiger partial charge on any atom is 0.306 e. The molecule has 0 spiro atoms. The average molecular weight is 447 g/mol. The lowest BCUT2D eigenvalue weighted by Gasteiger charge is -2.28. The molecule has 0 aromatic rings. The summed E-state index contributed by atoms with van der Waals surface area (Å²) in [5, 5.41) is 47.0. The molecule has 0 aliphatic rings. The third-order valence-corrected chi connectivity index (χ3v) is 5.39. The second kappa shape index (κ2) is 20.9. The number of allylic oxidation sites excluding steroid dienone is 2. The van der Waals surface area contributed by atoms with Crippen LogP contribution in [0.3, 0.4) is 0 Å². The van der Waals surface area contributed by atoms with Gasteiger partial charge in [0.05, 0.1) is 13.2 Å². The summed E-state index contributed by atoms with van der Waals surface area (Å²) in [6.45, 7) is 0.751. The van der Waals surface area contributed by atoms with Crippen molar-refractivity contribution >= 4 is 5.97 Å². The number of hydrogen-bond donors (Lipinski definition) is 5. The van der Waals surface area contributed by atoms with Crippen molar-refractivity contribution in [3.8, 4) is 0 Å². The number of rotatable bonds is 21. The minimum Gasteiger partial charge on any atom is -0.457 e. The Balaban J connectivity index is 3.76. The number of unbranched alkanes of at least 4 members (excludes halogenated alkanes) is 11. The summed E-state index contributed by atoms with van der Waals surface area (Å²) in [6, 6.07) is 0. The third-order valence-electron chi connectivity index (χ3n) is 5.39. The lowest BCUT2D eigenvalue weighted by Crippen LogP contribution is -2.49. The Morgan fingerprint density at radius 1 is 0.742 bits per heavy atom. The Bertz CT molecular complexity index is 442.